The Morgan fingerprint density at radius 1 is 1.03 bits per heavy atom. The summed E-state index contributed by atoms with van der Waals surface area (Å²) in [6, 6.07) is 16.5. The summed E-state index contributed by atoms with van der Waals surface area (Å²) < 4.78 is 5.28. The lowest BCUT2D eigenvalue weighted by molar-refractivity contribution is -0.111. The highest BCUT2D eigenvalue weighted by atomic mass is 35.5. The summed E-state index contributed by atoms with van der Waals surface area (Å²) in [6.45, 7) is 2.03. The third-order valence-corrected chi connectivity index (χ3v) is 5.07. The van der Waals surface area contributed by atoms with Crippen LogP contribution >= 0.6 is 23.2 Å². The number of carbonyl (C=O) groups excluding carboxylic acids is 1. The zero-order valence-corrected chi connectivity index (χ0v) is 18.3. The molecule has 0 fully saturated rings. The van der Waals surface area contributed by atoms with Gasteiger partial charge in [-0.05, 0) is 55.5 Å². The quantitative estimate of drug-likeness (QED) is 0.394. The van der Waals surface area contributed by atoms with Gasteiger partial charge in [0.1, 0.15) is 16.8 Å². The third-order valence-electron chi connectivity index (χ3n) is 4.57. The number of rotatable bonds is 5. The van der Waals surface area contributed by atoms with E-state index in [1.165, 1.54) is 13.2 Å². The van der Waals surface area contributed by atoms with Crippen LogP contribution < -0.4 is 10.1 Å². The molecule has 0 aliphatic rings. The predicted molar refractivity (Wildman–Crippen MR) is 124 cm³/mol. The minimum absolute atomic E-state index is 0.316. The molecule has 4 aromatic rings. The number of hydrogen-bond donors (Lipinski definition) is 1. The molecule has 0 radical (unpaired) electrons. The van der Waals surface area contributed by atoms with Crippen molar-refractivity contribution in [3.8, 4) is 11.4 Å². The Labute approximate surface area is 189 Å². The molecule has 156 valence electrons. The normalized spacial score (nSPS) is 11.2. The van der Waals surface area contributed by atoms with Crippen LogP contribution in [0, 0.1) is 6.92 Å². The highest BCUT2D eigenvalue weighted by Crippen LogP contribution is 2.33. The Kier molecular flexibility index (Phi) is 5.93. The van der Waals surface area contributed by atoms with Gasteiger partial charge in [0, 0.05) is 22.3 Å². The molecular weight excluding hydrogens is 435 g/mol. The summed E-state index contributed by atoms with van der Waals surface area (Å²) >= 11 is 12.2. The maximum atomic E-state index is 12.4. The molecule has 3 aromatic carbocycles. The number of amides is 1. The van der Waals surface area contributed by atoms with E-state index < -0.39 is 0 Å². The van der Waals surface area contributed by atoms with Crippen molar-refractivity contribution in [2.45, 2.75) is 6.92 Å². The van der Waals surface area contributed by atoms with Crippen molar-refractivity contribution in [3.05, 3.63) is 81.8 Å². The topological polar surface area (TPSA) is 69.0 Å². The van der Waals surface area contributed by atoms with Crippen molar-refractivity contribution in [1.82, 2.24) is 15.0 Å². The van der Waals surface area contributed by atoms with Crippen LogP contribution in [-0.2, 0) is 4.79 Å². The molecule has 6 nitrogen and oxygen atoms in total. The van der Waals surface area contributed by atoms with E-state index >= 15 is 0 Å². The van der Waals surface area contributed by atoms with Gasteiger partial charge in [0.2, 0.25) is 5.91 Å². The smallest absolute Gasteiger partial charge is 0.248 e. The number of benzene rings is 3. The average Bonchev–Trinajstić information content (AvgIpc) is 3.16. The SMILES string of the molecule is COc1c(Cl)cc(Cl)cc1C=CC(=O)Nc1ccc2nn(-c3ccc(C)cc3)nc2c1. The first-order chi connectivity index (χ1) is 14.9. The van der Waals surface area contributed by atoms with Gasteiger partial charge in [0.05, 0.1) is 17.8 Å². The number of carbonyl (C=O) groups is 1. The first-order valence-corrected chi connectivity index (χ1v) is 10.1. The average molecular weight is 453 g/mol. The molecule has 1 aromatic heterocycles. The fourth-order valence-electron chi connectivity index (χ4n) is 3.05. The molecule has 1 amide bonds. The summed E-state index contributed by atoms with van der Waals surface area (Å²) in [5.74, 6) is 0.132. The number of aryl methyl sites for hydroxylation is 1. The standard InChI is InChI=1S/C23H18Cl2N4O2/c1-14-3-7-18(8-4-14)29-27-20-9-6-17(13-21(20)28-29)26-22(30)10-5-15-11-16(24)12-19(25)23(15)31-2/h3-13H,1-2H3,(H,26,30). The number of anilines is 1. The Morgan fingerprint density at radius 2 is 1.77 bits per heavy atom. The number of nitrogens with zero attached hydrogens (tertiary/aromatic N) is 3. The van der Waals surface area contributed by atoms with Crippen LogP contribution in [0.1, 0.15) is 11.1 Å². The number of nitrogens with one attached hydrogen (secondary N) is 1. The van der Waals surface area contributed by atoms with Gasteiger partial charge in [0.25, 0.3) is 0 Å². The van der Waals surface area contributed by atoms with Gasteiger partial charge < -0.3 is 10.1 Å². The first kappa shape index (κ1) is 20.9. The maximum absolute atomic E-state index is 12.4. The zero-order valence-electron chi connectivity index (χ0n) is 16.8. The number of aromatic nitrogens is 3. The molecule has 0 unspecified atom stereocenters. The Bertz CT molecular complexity index is 1300. The lowest BCUT2D eigenvalue weighted by Crippen LogP contribution is -2.07. The molecule has 1 N–H and O–H groups in total. The van der Waals surface area contributed by atoms with E-state index in [0.29, 0.717) is 32.6 Å². The third kappa shape index (κ3) is 4.71. The molecule has 0 saturated heterocycles. The van der Waals surface area contributed by atoms with Gasteiger partial charge in [-0.25, -0.2) is 0 Å². The zero-order chi connectivity index (χ0) is 22.0. The second-order valence-electron chi connectivity index (χ2n) is 6.86. The number of methoxy groups -OCH3 is 1. The van der Waals surface area contributed by atoms with Crippen LogP contribution in [0.4, 0.5) is 5.69 Å². The molecule has 8 heteroatoms. The van der Waals surface area contributed by atoms with Gasteiger partial charge in [0.15, 0.2) is 0 Å². The summed E-state index contributed by atoms with van der Waals surface area (Å²) in [4.78, 5) is 14.0. The van der Waals surface area contributed by atoms with Crippen LogP contribution in [0.5, 0.6) is 5.75 Å². The van der Waals surface area contributed by atoms with Gasteiger partial charge in [-0.15, -0.1) is 10.2 Å². The summed E-state index contributed by atoms with van der Waals surface area (Å²) in [5.41, 5.74) is 4.64. The second-order valence-corrected chi connectivity index (χ2v) is 7.70. The molecule has 0 aliphatic carbocycles. The van der Waals surface area contributed by atoms with Gasteiger partial charge in [-0.3, -0.25) is 4.79 Å². The fraction of sp³-hybridized carbons (Fsp3) is 0.0870. The molecule has 0 aliphatic heterocycles. The van der Waals surface area contributed by atoms with E-state index in [1.54, 1.807) is 35.1 Å². The lowest BCUT2D eigenvalue weighted by Gasteiger charge is -2.08. The van der Waals surface area contributed by atoms with Gasteiger partial charge >= 0.3 is 0 Å². The van der Waals surface area contributed by atoms with E-state index in [2.05, 4.69) is 15.5 Å². The van der Waals surface area contributed by atoms with E-state index in [-0.39, 0.29) is 5.91 Å². The molecule has 4 rings (SSSR count). The van der Waals surface area contributed by atoms with E-state index in [9.17, 15) is 4.79 Å². The maximum Gasteiger partial charge on any atom is 0.248 e. The molecule has 1 heterocycles. The van der Waals surface area contributed by atoms with Crippen molar-refractivity contribution in [2.75, 3.05) is 12.4 Å². The highest BCUT2D eigenvalue weighted by molar-refractivity contribution is 6.36. The van der Waals surface area contributed by atoms with Gasteiger partial charge in [-0.1, -0.05) is 40.9 Å². The predicted octanol–water partition coefficient (Wildman–Crippen LogP) is 5.70. The largest absolute Gasteiger partial charge is 0.495 e. The molecule has 0 spiro atoms. The molecule has 0 saturated carbocycles. The summed E-state index contributed by atoms with van der Waals surface area (Å²) in [5, 5.41) is 12.6. The van der Waals surface area contributed by atoms with Crippen LogP contribution in [0.2, 0.25) is 10.0 Å². The monoisotopic (exact) mass is 452 g/mol. The summed E-state index contributed by atoms with van der Waals surface area (Å²) in [6.07, 6.45) is 2.98. The van der Waals surface area contributed by atoms with Crippen LogP contribution in [0.25, 0.3) is 22.8 Å². The Hall–Kier alpha value is -3.35. The Morgan fingerprint density at radius 3 is 2.52 bits per heavy atom. The summed E-state index contributed by atoms with van der Waals surface area (Å²) in [7, 11) is 1.51. The minimum atomic E-state index is -0.316. The van der Waals surface area contributed by atoms with Crippen LogP contribution in [-0.4, -0.2) is 28.0 Å². The molecule has 0 atom stereocenters. The minimum Gasteiger partial charge on any atom is -0.495 e. The van der Waals surface area contributed by atoms with Crippen molar-refractivity contribution in [2.24, 2.45) is 0 Å². The second kappa shape index (κ2) is 8.79. The van der Waals surface area contributed by atoms with Crippen molar-refractivity contribution in [3.63, 3.8) is 0 Å². The van der Waals surface area contributed by atoms with Gasteiger partial charge in [-0.2, -0.15) is 4.80 Å². The number of ether oxygens (including phenoxy) is 1. The van der Waals surface area contributed by atoms with Crippen LogP contribution in [0.3, 0.4) is 0 Å². The lowest BCUT2D eigenvalue weighted by atomic mass is 10.2. The van der Waals surface area contributed by atoms with E-state index in [1.807, 2.05) is 37.3 Å². The van der Waals surface area contributed by atoms with Crippen molar-refractivity contribution >= 4 is 51.9 Å². The Balaban J connectivity index is 1.53. The molecule has 31 heavy (non-hydrogen) atoms. The highest BCUT2D eigenvalue weighted by Gasteiger charge is 2.09. The number of hydrogen-bond acceptors (Lipinski definition) is 4. The van der Waals surface area contributed by atoms with E-state index in [0.717, 1.165) is 16.8 Å². The first-order valence-electron chi connectivity index (χ1n) is 9.39. The number of fused-ring (bicyclic) bond motifs is 1. The van der Waals surface area contributed by atoms with Crippen molar-refractivity contribution < 1.29 is 9.53 Å². The number of halogens is 2. The fourth-order valence-corrected chi connectivity index (χ4v) is 3.64. The van der Waals surface area contributed by atoms with E-state index in [4.69, 9.17) is 27.9 Å². The molecular formula is C23H18Cl2N4O2. The van der Waals surface area contributed by atoms with Crippen molar-refractivity contribution in [1.29, 1.82) is 0 Å². The van der Waals surface area contributed by atoms with Crippen LogP contribution in [0.15, 0.2) is 60.7 Å². The molecule has 0 bridgehead atoms.